The van der Waals surface area contributed by atoms with Gasteiger partial charge in [-0.15, -0.1) is 0 Å². The van der Waals surface area contributed by atoms with E-state index in [1.54, 1.807) is 0 Å². The summed E-state index contributed by atoms with van der Waals surface area (Å²) in [7, 11) is 0. The molecule has 16 heavy (non-hydrogen) atoms. The van der Waals surface area contributed by atoms with Crippen LogP contribution in [0.15, 0.2) is 0 Å². The molecule has 3 fully saturated rings. The summed E-state index contributed by atoms with van der Waals surface area (Å²) in [5.74, 6) is -0.230. The third kappa shape index (κ3) is 2.13. The molecule has 2 saturated carbocycles. The number of aliphatic hydroxyl groups excluding tert-OH is 1. The fraction of sp³-hybridized carbons (Fsp3) is 1.00. The normalized spacial score (nSPS) is 30.9. The van der Waals surface area contributed by atoms with E-state index < -0.39 is 0 Å². The van der Waals surface area contributed by atoms with Crippen molar-refractivity contribution in [3.63, 3.8) is 0 Å². The molecule has 0 radical (unpaired) electrons. The molecule has 0 aromatic carbocycles. The average molecular weight is 228 g/mol. The highest BCUT2D eigenvalue weighted by atomic mass is 16.7. The van der Waals surface area contributed by atoms with Crippen LogP contribution in [-0.2, 0) is 9.47 Å². The molecule has 1 heterocycles. The fourth-order valence-electron chi connectivity index (χ4n) is 3.30. The molecule has 3 nitrogen and oxygen atoms in total. The minimum atomic E-state index is -0.230. The van der Waals surface area contributed by atoms with Gasteiger partial charge in [-0.05, 0) is 31.1 Å². The van der Waals surface area contributed by atoms with Gasteiger partial charge in [0.25, 0.3) is 0 Å². The molecule has 3 heteroatoms. The maximum atomic E-state index is 9.36. The molecule has 2 aliphatic carbocycles. The monoisotopic (exact) mass is 228 g/mol. The highest BCUT2D eigenvalue weighted by Gasteiger charge is 2.51. The van der Waals surface area contributed by atoms with Gasteiger partial charge in [0.15, 0.2) is 5.79 Å². The summed E-state index contributed by atoms with van der Waals surface area (Å²) < 4.78 is 11.4. The van der Waals surface area contributed by atoms with Crippen LogP contribution in [0.1, 0.15) is 52.4 Å². The Morgan fingerprint density at radius 3 is 1.88 bits per heavy atom. The second kappa shape index (κ2) is 4.63. The Balaban J connectivity index is 0.000000457. The first-order chi connectivity index (χ1) is 7.72. The van der Waals surface area contributed by atoms with E-state index in [-0.39, 0.29) is 11.9 Å². The fourth-order valence-corrected chi connectivity index (χ4v) is 3.30. The van der Waals surface area contributed by atoms with Crippen LogP contribution in [0.25, 0.3) is 0 Å². The van der Waals surface area contributed by atoms with E-state index in [9.17, 15) is 5.11 Å². The summed E-state index contributed by atoms with van der Waals surface area (Å²) in [6.07, 6.45) is 6.37. The quantitative estimate of drug-likeness (QED) is 0.692. The zero-order chi connectivity index (χ0) is 11.6. The molecule has 1 saturated heterocycles. The van der Waals surface area contributed by atoms with Crippen LogP contribution < -0.4 is 0 Å². The first-order valence-corrected chi connectivity index (χ1v) is 6.68. The van der Waals surface area contributed by atoms with Crippen LogP contribution in [-0.4, -0.2) is 30.2 Å². The maximum Gasteiger partial charge on any atom is 0.168 e. The number of ether oxygens (including phenoxy) is 2. The van der Waals surface area contributed by atoms with E-state index in [2.05, 4.69) is 0 Å². The standard InChI is InChI=1S/C11H18O3.C2H6/c12-9-7-10(8-9)1-3-11(4-2-10)13-5-6-14-11;1-2/h9,12H,1-8H2;1-2H3. The molecule has 0 aromatic rings. The van der Waals surface area contributed by atoms with Crippen molar-refractivity contribution in [3.8, 4) is 0 Å². The third-order valence-corrected chi connectivity index (χ3v) is 4.22. The van der Waals surface area contributed by atoms with Gasteiger partial charge in [-0.2, -0.15) is 0 Å². The molecule has 3 aliphatic rings. The van der Waals surface area contributed by atoms with Gasteiger partial charge >= 0.3 is 0 Å². The summed E-state index contributed by atoms with van der Waals surface area (Å²) in [5, 5.41) is 9.36. The lowest BCUT2D eigenvalue weighted by Gasteiger charge is -2.51. The van der Waals surface area contributed by atoms with Crippen molar-refractivity contribution in [2.45, 2.75) is 64.3 Å². The summed E-state index contributed by atoms with van der Waals surface area (Å²) in [4.78, 5) is 0. The molecule has 3 rings (SSSR count). The summed E-state index contributed by atoms with van der Waals surface area (Å²) in [6.45, 7) is 5.52. The smallest absolute Gasteiger partial charge is 0.168 e. The molecule has 0 aromatic heterocycles. The second-order valence-electron chi connectivity index (χ2n) is 5.17. The number of rotatable bonds is 0. The van der Waals surface area contributed by atoms with Crippen molar-refractivity contribution in [1.82, 2.24) is 0 Å². The Hall–Kier alpha value is -0.120. The lowest BCUT2D eigenvalue weighted by Crippen LogP contribution is -2.48. The zero-order valence-corrected chi connectivity index (χ0v) is 10.5. The summed E-state index contributed by atoms with van der Waals surface area (Å²) in [5.41, 5.74) is 0.444. The van der Waals surface area contributed by atoms with Gasteiger partial charge in [-0.3, -0.25) is 0 Å². The highest BCUT2D eigenvalue weighted by molar-refractivity contribution is 4.99. The number of hydrogen-bond acceptors (Lipinski definition) is 3. The SMILES string of the molecule is CC.OC1CC2(CCC3(CC2)OCCO3)C1. The topological polar surface area (TPSA) is 38.7 Å². The molecule has 1 N–H and O–H groups in total. The van der Waals surface area contributed by atoms with Crippen molar-refractivity contribution in [2.24, 2.45) is 5.41 Å². The van der Waals surface area contributed by atoms with Crippen LogP contribution >= 0.6 is 0 Å². The van der Waals surface area contributed by atoms with Gasteiger partial charge in [0.05, 0.1) is 19.3 Å². The molecule has 0 atom stereocenters. The Morgan fingerprint density at radius 1 is 0.938 bits per heavy atom. The average Bonchev–Trinajstić information content (AvgIpc) is 2.72. The zero-order valence-electron chi connectivity index (χ0n) is 10.5. The number of hydrogen-bond donors (Lipinski definition) is 1. The van der Waals surface area contributed by atoms with Gasteiger partial charge in [0, 0.05) is 12.8 Å². The summed E-state index contributed by atoms with van der Waals surface area (Å²) >= 11 is 0. The first kappa shape index (κ1) is 12.3. The van der Waals surface area contributed by atoms with E-state index in [1.165, 1.54) is 12.8 Å². The lowest BCUT2D eigenvalue weighted by molar-refractivity contribution is -0.207. The van der Waals surface area contributed by atoms with Crippen molar-refractivity contribution in [2.75, 3.05) is 13.2 Å². The summed E-state index contributed by atoms with van der Waals surface area (Å²) in [6, 6.07) is 0. The van der Waals surface area contributed by atoms with Crippen LogP contribution in [0.5, 0.6) is 0 Å². The van der Waals surface area contributed by atoms with E-state index in [0.29, 0.717) is 5.41 Å². The predicted molar refractivity (Wildman–Crippen MR) is 62.1 cm³/mol. The largest absolute Gasteiger partial charge is 0.393 e. The minimum Gasteiger partial charge on any atom is -0.393 e. The maximum absolute atomic E-state index is 9.36. The minimum absolute atomic E-state index is 0.0329. The van der Waals surface area contributed by atoms with Crippen LogP contribution in [0, 0.1) is 5.41 Å². The molecule has 0 unspecified atom stereocenters. The van der Waals surface area contributed by atoms with Crippen molar-refractivity contribution >= 4 is 0 Å². The van der Waals surface area contributed by atoms with Crippen molar-refractivity contribution < 1.29 is 14.6 Å². The van der Waals surface area contributed by atoms with Gasteiger partial charge in [-0.1, -0.05) is 13.8 Å². The predicted octanol–water partition coefficient (Wildman–Crippen LogP) is 2.47. The lowest BCUT2D eigenvalue weighted by atomic mass is 9.58. The Kier molecular flexibility index (Phi) is 3.57. The van der Waals surface area contributed by atoms with E-state index >= 15 is 0 Å². The van der Waals surface area contributed by atoms with E-state index in [4.69, 9.17) is 9.47 Å². The Labute approximate surface area is 98.1 Å². The molecule has 94 valence electrons. The number of aliphatic hydroxyl groups is 1. The van der Waals surface area contributed by atoms with Gasteiger partial charge < -0.3 is 14.6 Å². The second-order valence-corrected chi connectivity index (χ2v) is 5.17. The van der Waals surface area contributed by atoms with Gasteiger partial charge in [0.1, 0.15) is 0 Å². The molecule has 2 spiro atoms. The van der Waals surface area contributed by atoms with Gasteiger partial charge in [0.2, 0.25) is 0 Å². The van der Waals surface area contributed by atoms with Crippen LogP contribution in [0.2, 0.25) is 0 Å². The third-order valence-electron chi connectivity index (χ3n) is 4.22. The highest BCUT2D eigenvalue weighted by Crippen LogP contribution is 2.55. The first-order valence-electron chi connectivity index (χ1n) is 6.68. The molecular formula is C13H24O3. The van der Waals surface area contributed by atoms with Crippen molar-refractivity contribution in [1.29, 1.82) is 0 Å². The van der Waals surface area contributed by atoms with Crippen LogP contribution in [0.4, 0.5) is 0 Å². The molecule has 1 aliphatic heterocycles. The van der Waals surface area contributed by atoms with Crippen molar-refractivity contribution in [3.05, 3.63) is 0 Å². The molecular weight excluding hydrogens is 204 g/mol. The Morgan fingerprint density at radius 2 is 1.44 bits per heavy atom. The van der Waals surface area contributed by atoms with E-state index in [1.807, 2.05) is 13.8 Å². The molecule has 0 amide bonds. The van der Waals surface area contributed by atoms with Crippen LogP contribution in [0.3, 0.4) is 0 Å². The molecule has 0 bridgehead atoms. The van der Waals surface area contributed by atoms with E-state index in [0.717, 1.165) is 38.9 Å². The Bertz CT molecular complexity index is 215. The van der Waals surface area contributed by atoms with Gasteiger partial charge in [-0.25, -0.2) is 0 Å².